The van der Waals surface area contributed by atoms with Gasteiger partial charge in [0.2, 0.25) is 0 Å². The fraction of sp³-hybridized carbons (Fsp3) is 0.385. The van der Waals surface area contributed by atoms with E-state index in [-0.39, 0.29) is 5.41 Å². The average Bonchev–Trinajstić information content (AvgIpc) is 2.40. The van der Waals surface area contributed by atoms with Crippen LogP contribution in [0.4, 0.5) is 0 Å². The Balaban J connectivity index is 2.37. The van der Waals surface area contributed by atoms with Crippen molar-refractivity contribution in [1.29, 1.82) is 0 Å². The fourth-order valence-corrected chi connectivity index (χ4v) is 1.92. The van der Waals surface area contributed by atoms with Gasteiger partial charge in [-0.1, -0.05) is 32.4 Å². The van der Waals surface area contributed by atoms with Gasteiger partial charge in [-0.2, -0.15) is 0 Å². The van der Waals surface area contributed by atoms with Crippen LogP contribution in [0.15, 0.2) is 24.5 Å². The molecule has 0 bridgehead atoms. The van der Waals surface area contributed by atoms with Crippen molar-refractivity contribution in [2.75, 3.05) is 0 Å². The van der Waals surface area contributed by atoms with E-state index in [9.17, 15) is 0 Å². The zero-order chi connectivity index (χ0) is 10.7. The number of fused-ring (bicyclic) bond motifs is 1. The first-order chi connectivity index (χ1) is 7.23. The molecule has 0 saturated heterocycles. The van der Waals surface area contributed by atoms with Crippen molar-refractivity contribution in [2.24, 2.45) is 5.41 Å². The Morgan fingerprint density at radius 2 is 1.60 bits per heavy atom. The van der Waals surface area contributed by atoms with Gasteiger partial charge in [0.15, 0.2) is 0 Å². The van der Waals surface area contributed by atoms with Crippen molar-refractivity contribution in [1.82, 2.24) is 9.97 Å². The third-order valence-corrected chi connectivity index (χ3v) is 2.79. The summed E-state index contributed by atoms with van der Waals surface area (Å²) in [6.07, 6.45) is 14.4. The molecule has 0 radical (unpaired) electrons. The van der Waals surface area contributed by atoms with Gasteiger partial charge in [0, 0.05) is 17.8 Å². The van der Waals surface area contributed by atoms with Crippen LogP contribution in [0.2, 0.25) is 0 Å². The van der Waals surface area contributed by atoms with E-state index < -0.39 is 0 Å². The molecule has 15 heavy (non-hydrogen) atoms. The van der Waals surface area contributed by atoms with Gasteiger partial charge in [0.05, 0.1) is 11.4 Å². The van der Waals surface area contributed by atoms with E-state index >= 15 is 0 Å². The van der Waals surface area contributed by atoms with Crippen molar-refractivity contribution in [3.8, 4) is 0 Å². The van der Waals surface area contributed by atoms with Crippen LogP contribution in [-0.2, 0) is 0 Å². The molecule has 1 aromatic rings. The van der Waals surface area contributed by atoms with Crippen LogP contribution >= 0.6 is 0 Å². The molecule has 0 amide bonds. The quantitative estimate of drug-likeness (QED) is 0.731. The third-order valence-electron chi connectivity index (χ3n) is 2.79. The van der Waals surface area contributed by atoms with E-state index in [1.165, 1.54) is 6.42 Å². The topological polar surface area (TPSA) is 25.8 Å². The summed E-state index contributed by atoms with van der Waals surface area (Å²) in [5.41, 5.74) is 2.08. The SMILES string of the molecule is CCCC1(C)C=Cc2nccnc2C=C1. The van der Waals surface area contributed by atoms with Crippen LogP contribution in [0.5, 0.6) is 0 Å². The highest BCUT2D eigenvalue weighted by molar-refractivity contribution is 5.63. The maximum Gasteiger partial charge on any atom is 0.0883 e. The second kappa shape index (κ2) is 3.97. The molecule has 2 heteroatoms. The Bertz CT molecular complexity index is 372. The van der Waals surface area contributed by atoms with Crippen molar-refractivity contribution in [2.45, 2.75) is 26.7 Å². The Morgan fingerprint density at radius 1 is 1.07 bits per heavy atom. The Morgan fingerprint density at radius 3 is 2.07 bits per heavy atom. The lowest BCUT2D eigenvalue weighted by molar-refractivity contribution is 0.497. The maximum atomic E-state index is 4.30. The molecule has 0 aromatic carbocycles. The van der Waals surface area contributed by atoms with Crippen LogP contribution in [-0.4, -0.2) is 9.97 Å². The summed E-state index contributed by atoms with van der Waals surface area (Å²) < 4.78 is 0. The molecule has 0 unspecified atom stereocenters. The van der Waals surface area contributed by atoms with Gasteiger partial charge in [-0.15, -0.1) is 0 Å². The average molecular weight is 200 g/mol. The lowest BCUT2D eigenvalue weighted by Gasteiger charge is -2.19. The standard InChI is InChI=1S/C13H16N2/c1-3-6-13(2)7-4-11-12(5-8-13)15-10-9-14-11/h4-5,7-10H,3,6H2,1-2H3. The molecule has 0 aliphatic heterocycles. The zero-order valence-corrected chi connectivity index (χ0v) is 9.27. The third kappa shape index (κ3) is 2.14. The van der Waals surface area contributed by atoms with Crippen molar-refractivity contribution in [3.63, 3.8) is 0 Å². The van der Waals surface area contributed by atoms with E-state index in [0.717, 1.165) is 17.8 Å². The molecule has 1 heterocycles. The van der Waals surface area contributed by atoms with Gasteiger partial charge in [-0.05, 0) is 18.6 Å². The second-order valence-electron chi connectivity index (χ2n) is 4.25. The molecule has 2 nitrogen and oxygen atoms in total. The minimum atomic E-state index is 0.150. The maximum absolute atomic E-state index is 4.30. The normalized spacial score (nSPS) is 17.2. The number of allylic oxidation sites excluding steroid dienone is 2. The van der Waals surface area contributed by atoms with Crippen LogP contribution in [0.1, 0.15) is 38.1 Å². The first-order valence-corrected chi connectivity index (χ1v) is 5.43. The number of aromatic nitrogens is 2. The molecule has 0 fully saturated rings. The fourth-order valence-electron chi connectivity index (χ4n) is 1.92. The lowest BCUT2D eigenvalue weighted by Crippen LogP contribution is -2.07. The highest BCUT2D eigenvalue weighted by Gasteiger charge is 2.18. The molecule has 78 valence electrons. The Labute approximate surface area is 90.8 Å². The lowest BCUT2D eigenvalue weighted by atomic mass is 9.85. The number of rotatable bonds is 2. The minimum Gasteiger partial charge on any atom is -0.253 e. The molecule has 0 saturated carbocycles. The van der Waals surface area contributed by atoms with Gasteiger partial charge in [0.1, 0.15) is 0 Å². The van der Waals surface area contributed by atoms with Crippen LogP contribution in [0, 0.1) is 5.41 Å². The summed E-state index contributed by atoms with van der Waals surface area (Å²) in [7, 11) is 0. The highest BCUT2D eigenvalue weighted by Crippen LogP contribution is 2.31. The molecule has 0 spiro atoms. The first-order valence-electron chi connectivity index (χ1n) is 5.43. The van der Waals surface area contributed by atoms with Crippen LogP contribution in [0.3, 0.4) is 0 Å². The van der Waals surface area contributed by atoms with Gasteiger partial charge in [0.25, 0.3) is 0 Å². The monoisotopic (exact) mass is 200 g/mol. The number of hydrogen-bond donors (Lipinski definition) is 0. The predicted molar refractivity (Wildman–Crippen MR) is 63.1 cm³/mol. The molecular formula is C13H16N2. The van der Waals surface area contributed by atoms with Crippen molar-refractivity contribution < 1.29 is 0 Å². The predicted octanol–water partition coefficient (Wildman–Crippen LogP) is 3.32. The molecule has 2 rings (SSSR count). The van der Waals surface area contributed by atoms with E-state index in [1.807, 2.05) is 0 Å². The highest BCUT2D eigenvalue weighted by atomic mass is 14.8. The summed E-state index contributed by atoms with van der Waals surface area (Å²) in [6.45, 7) is 4.46. The summed E-state index contributed by atoms with van der Waals surface area (Å²) in [5.74, 6) is 0. The Hall–Kier alpha value is -1.44. The summed E-state index contributed by atoms with van der Waals surface area (Å²) in [6, 6.07) is 0. The van der Waals surface area contributed by atoms with Gasteiger partial charge in [-0.25, -0.2) is 0 Å². The first kappa shape index (κ1) is 10.1. The number of hydrogen-bond acceptors (Lipinski definition) is 2. The van der Waals surface area contributed by atoms with E-state index in [1.54, 1.807) is 12.4 Å². The molecule has 1 aliphatic carbocycles. The molecular weight excluding hydrogens is 184 g/mol. The molecule has 0 atom stereocenters. The molecule has 0 N–H and O–H groups in total. The summed E-state index contributed by atoms with van der Waals surface area (Å²) in [4.78, 5) is 8.61. The van der Waals surface area contributed by atoms with Gasteiger partial charge < -0.3 is 0 Å². The largest absolute Gasteiger partial charge is 0.253 e. The Kier molecular flexibility index (Phi) is 2.67. The molecule has 1 aromatic heterocycles. The van der Waals surface area contributed by atoms with Crippen LogP contribution < -0.4 is 0 Å². The van der Waals surface area contributed by atoms with Gasteiger partial charge in [-0.3, -0.25) is 9.97 Å². The minimum absolute atomic E-state index is 0.150. The summed E-state index contributed by atoms with van der Waals surface area (Å²) >= 11 is 0. The molecule has 1 aliphatic rings. The van der Waals surface area contributed by atoms with E-state index in [2.05, 4.69) is 48.1 Å². The van der Waals surface area contributed by atoms with Crippen molar-refractivity contribution in [3.05, 3.63) is 35.9 Å². The van der Waals surface area contributed by atoms with E-state index in [4.69, 9.17) is 0 Å². The summed E-state index contributed by atoms with van der Waals surface area (Å²) in [5, 5.41) is 0. The van der Waals surface area contributed by atoms with Gasteiger partial charge >= 0.3 is 0 Å². The number of nitrogens with zero attached hydrogens (tertiary/aromatic N) is 2. The second-order valence-corrected chi connectivity index (χ2v) is 4.25. The zero-order valence-electron chi connectivity index (χ0n) is 9.27. The van der Waals surface area contributed by atoms with E-state index in [0.29, 0.717) is 0 Å². The van der Waals surface area contributed by atoms with Crippen molar-refractivity contribution >= 4 is 12.2 Å². The van der Waals surface area contributed by atoms with Crippen LogP contribution in [0.25, 0.3) is 12.2 Å². The smallest absolute Gasteiger partial charge is 0.0883 e.